The van der Waals surface area contributed by atoms with Gasteiger partial charge in [0.1, 0.15) is 6.10 Å². The van der Waals surface area contributed by atoms with Gasteiger partial charge in [-0.3, -0.25) is 4.79 Å². The lowest BCUT2D eigenvalue weighted by Crippen LogP contribution is -2.33. The largest absolute Gasteiger partial charge is 0.462 e. The van der Waals surface area contributed by atoms with Crippen molar-refractivity contribution in [2.45, 2.75) is 59.0 Å². The van der Waals surface area contributed by atoms with Crippen LogP contribution in [0.1, 0.15) is 52.0 Å². The van der Waals surface area contributed by atoms with Crippen LogP contribution in [0, 0.1) is 17.8 Å². The third-order valence-electron chi connectivity index (χ3n) is 5.19. The summed E-state index contributed by atoms with van der Waals surface area (Å²) >= 11 is 0. The van der Waals surface area contributed by atoms with Crippen molar-refractivity contribution in [3.63, 3.8) is 0 Å². The topological polar surface area (TPSA) is 52.3 Å². The van der Waals surface area contributed by atoms with Crippen LogP contribution in [-0.2, 0) is 16.0 Å². The molecule has 122 valence electrons. The Balaban J connectivity index is 1.70. The number of anilines is 1. The van der Waals surface area contributed by atoms with Crippen LogP contribution in [0.3, 0.4) is 0 Å². The summed E-state index contributed by atoms with van der Waals surface area (Å²) in [7, 11) is 0. The number of hydrogen-bond acceptors (Lipinski definition) is 3. The van der Waals surface area contributed by atoms with E-state index in [1.54, 1.807) is 0 Å². The minimum atomic E-state index is -0.0469. The maximum atomic E-state index is 12.0. The van der Waals surface area contributed by atoms with Gasteiger partial charge in [0.05, 0.1) is 0 Å². The maximum Gasteiger partial charge on any atom is 0.306 e. The normalized spacial score (nSPS) is 28.3. The molecular weight excluding hydrogens is 274 g/mol. The predicted molar refractivity (Wildman–Crippen MR) is 90.4 cm³/mol. The van der Waals surface area contributed by atoms with Gasteiger partial charge in [-0.05, 0) is 61.1 Å². The number of carbonyl (C=O) groups excluding carboxylic acids is 1. The van der Waals surface area contributed by atoms with Crippen molar-refractivity contribution in [3.05, 3.63) is 29.8 Å². The van der Waals surface area contributed by atoms with Gasteiger partial charge in [0, 0.05) is 12.1 Å². The van der Waals surface area contributed by atoms with Crippen molar-refractivity contribution >= 4 is 11.7 Å². The van der Waals surface area contributed by atoms with Crippen LogP contribution in [0.25, 0.3) is 0 Å². The van der Waals surface area contributed by atoms with Crippen molar-refractivity contribution in [2.75, 3.05) is 5.73 Å². The quantitative estimate of drug-likeness (QED) is 0.655. The second kappa shape index (κ2) is 7.66. The van der Waals surface area contributed by atoms with E-state index in [2.05, 4.69) is 20.8 Å². The van der Waals surface area contributed by atoms with Crippen molar-refractivity contribution in [3.8, 4) is 0 Å². The Morgan fingerprint density at radius 1 is 1.14 bits per heavy atom. The number of esters is 1. The molecule has 1 saturated carbocycles. The van der Waals surface area contributed by atoms with E-state index < -0.39 is 0 Å². The van der Waals surface area contributed by atoms with Gasteiger partial charge in [0.15, 0.2) is 0 Å². The Bertz CT molecular complexity index is 471. The van der Waals surface area contributed by atoms with Gasteiger partial charge in [-0.1, -0.05) is 32.9 Å². The van der Waals surface area contributed by atoms with E-state index in [0.717, 1.165) is 37.3 Å². The summed E-state index contributed by atoms with van der Waals surface area (Å²) in [5.41, 5.74) is 7.66. The second-order valence-corrected chi connectivity index (χ2v) is 6.99. The predicted octanol–water partition coefficient (Wildman–Crippen LogP) is 4.21. The molecule has 3 nitrogen and oxygen atoms in total. The van der Waals surface area contributed by atoms with E-state index in [-0.39, 0.29) is 12.1 Å². The molecule has 0 bridgehead atoms. The molecule has 1 aliphatic carbocycles. The third-order valence-corrected chi connectivity index (χ3v) is 5.19. The summed E-state index contributed by atoms with van der Waals surface area (Å²) in [4.78, 5) is 12.0. The van der Waals surface area contributed by atoms with Crippen LogP contribution in [-0.4, -0.2) is 12.1 Å². The molecule has 0 aliphatic heterocycles. The van der Waals surface area contributed by atoms with E-state index in [1.807, 2.05) is 24.3 Å². The van der Waals surface area contributed by atoms with Crippen LogP contribution >= 0.6 is 0 Å². The van der Waals surface area contributed by atoms with Crippen LogP contribution in [0.2, 0.25) is 0 Å². The molecule has 0 radical (unpaired) electrons. The highest BCUT2D eigenvalue weighted by Gasteiger charge is 2.31. The molecule has 3 heteroatoms. The van der Waals surface area contributed by atoms with E-state index >= 15 is 0 Å². The number of aryl methyl sites for hydroxylation is 1. The van der Waals surface area contributed by atoms with Gasteiger partial charge in [-0.2, -0.15) is 0 Å². The first kappa shape index (κ1) is 16.9. The van der Waals surface area contributed by atoms with Gasteiger partial charge in [-0.25, -0.2) is 0 Å². The molecule has 0 aromatic heterocycles. The summed E-state index contributed by atoms with van der Waals surface area (Å²) in [5.74, 6) is 1.95. The first-order valence-electron chi connectivity index (χ1n) is 8.49. The second-order valence-electron chi connectivity index (χ2n) is 6.99. The average Bonchev–Trinajstić information content (AvgIpc) is 2.47. The van der Waals surface area contributed by atoms with E-state index in [1.165, 1.54) is 5.56 Å². The molecule has 0 spiro atoms. The van der Waals surface area contributed by atoms with Crippen molar-refractivity contribution in [1.82, 2.24) is 0 Å². The lowest BCUT2D eigenvalue weighted by molar-refractivity contribution is -0.153. The van der Waals surface area contributed by atoms with Crippen LogP contribution in [0.4, 0.5) is 5.69 Å². The average molecular weight is 303 g/mol. The van der Waals surface area contributed by atoms with Gasteiger partial charge in [-0.15, -0.1) is 0 Å². The standard InChI is InChI=1S/C19H29NO2/c1-13-11-18(12-14(2)15(13)3)22-19(21)6-4-5-16-7-9-17(20)10-8-16/h7-10,13-15,18H,4-6,11-12,20H2,1-3H3. The summed E-state index contributed by atoms with van der Waals surface area (Å²) in [6.45, 7) is 6.84. The molecule has 1 aromatic rings. The highest BCUT2D eigenvalue weighted by molar-refractivity contribution is 5.69. The van der Waals surface area contributed by atoms with Crippen LogP contribution < -0.4 is 5.73 Å². The highest BCUT2D eigenvalue weighted by Crippen LogP contribution is 2.35. The first-order valence-corrected chi connectivity index (χ1v) is 8.49. The Morgan fingerprint density at radius 3 is 2.32 bits per heavy atom. The number of hydrogen-bond donors (Lipinski definition) is 1. The SMILES string of the molecule is CC1CC(OC(=O)CCCc2ccc(N)cc2)CC(C)C1C. The third kappa shape index (κ3) is 4.75. The van der Waals surface area contributed by atoms with Crippen molar-refractivity contribution < 1.29 is 9.53 Å². The van der Waals surface area contributed by atoms with Crippen LogP contribution in [0.5, 0.6) is 0 Å². The molecule has 1 aliphatic rings. The number of rotatable bonds is 5. The Kier molecular flexibility index (Phi) is 5.87. The minimum Gasteiger partial charge on any atom is -0.462 e. The molecule has 2 rings (SSSR count). The van der Waals surface area contributed by atoms with Crippen LogP contribution in [0.15, 0.2) is 24.3 Å². The fraction of sp³-hybridized carbons (Fsp3) is 0.632. The number of carbonyl (C=O) groups is 1. The number of nitrogen functional groups attached to an aromatic ring is 1. The lowest BCUT2D eigenvalue weighted by Gasteiger charge is -2.36. The summed E-state index contributed by atoms with van der Waals surface area (Å²) in [6, 6.07) is 7.85. The molecule has 2 N–H and O–H groups in total. The molecule has 2 unspecified atom stereocenters. The monoisotopic (exact) mass is 303 g/mol. The van der Waals surface area contributed by atoms with E-state index in [9.17, 15) is 4.79 Å². The van der Waals surface area contributed by atoms with Gasteiger partial charge in [0.25, 0.3) is 0 Å². The zero-order chi connectivity index (χ0) is 16.1. The maximum absolute atomic E-state index is 12.0. The summed E-state index contributed by atoms with van der Waals surface area (Å²) in [5, 5.41) is 0. The number of nitrogens with two attached hydrogens (primary N) is 1. The molecule has 1 fully saturated rings. The molecule has 2 atom stereocenters. The summed E-state index contributed by atoms with van der Waals surface area (Å²) in [6.07, 6.45) is 4.36. The minimum absolute atomic E-state index is 0.0469. The fourth-order valence-electron chi connectivity index (χ4n) is 3.38. The first-order chi connectivity index (χ1) is 10.5. The van der Waals surface area contributed by atoms with Crippen molar-refractivity contribution in [2.24, 2.45) is 17.8 Å². The smallest absolute Gasteiger partial charge is 0.306 e. The molecular formula is C19H29NO2. The zero-order valence-corrected chi connectivity index (χ0v) is 14.0. The zero-order valence-electron chi connectivity index (χ0n) is 14.0. The molecule has 1 aromatic carbocycles. The number of ether oxygens (including phenoxy) is 1. The highest BCUT2D eigenvalue weighted by atomic mass is 16.5. The van der Waals surface area contributed by atoms with E-state index in [0.29, 0.717) is 18.3 Å². The van der Waals surface area contributed by atoms with E-state index in [4.69, 9.17) is 10.5 Å². The van der Waals surface area contributed by atoms with Gasteiger partial charge in [0.2, 0.25) is 0 Å². The molecule has 0 saturated heterocycles. The lowest BCUT2D eigenvalue weighted by atomic mass is 9.73. The Morgan fingerprint density at radius 2 is 1.73 bits per heavy atom. The molecule has 0 heterocycles. The number of benzene rings is 1. The molecule has 22 heavy (non-hydrogen) atoms. The van der Waals surface area contributed by atoms with Crippen molar-refractivity contribution in [1.29, 1.82) is 0 Å². The van der Waals surface area contributed by atoms with Gasteiger partial charge >= 0.3 is 5.97 Å². The Hall–Kier alpha value is -1.51. The molecule has 0 amide bonds. The van der Waals surface area contributed by atoms with Gasteiger partial charge < -0.3 is 10.5 Å². The summed E-state index contributed by atoms with van der Waals surface area (Å²) < 4.78 is 5.68. The fourth-order valence-corrected chi connectivity index (χ4v) is 3.38. The Labute approximate surface area is 134 Å².